The predicted molar refractivity (Wildman–Crippen MR) is 63.1 cm³/mol. The van der Waals surface area contributed by atoms with E-state index in [4.69, 9.17) is 0 Å². The quantitative estimate of drug-likeness (QED) is 0.802. The Kier molecular flexibility index (Phi) is 3.90. The summed E-state index contributed by atoms with van der Waals surface area (Å²) in [4.78, 5) is 0. The number of halogens is 3. The van der Waals surface area contributed by atoms with Gasteiger partial charge in [-0.2, -0.15) is 0 Å². The van der Waals surface area contributed by atoms with E-state index in [1.165, 1.54) is 10.6 Å². The first kappa shape index (κ1) is 12.9. The van der Waals surface area contributed by atoms with Gasteiger partial charge in [-0.15, -0.1) is 10.2 Å². The number of nitrogens with zero attached hydrogens (tertiary/aromatic N) is 3. The van der Waals surface area contributed by atoms with Crippen LogP contribution in [0.5, 0.6) is 0 Å². The lowest BCUT2D eigenvalue weighted by molar-refractivity contribution is 0.176. The molecule has 0 spiro atoms. The number of hydrogen-bond donors (Lipinski definition) is 0. The van der Waals surface area contributed by atoms with E-state index >= 15 is 0 Å². The fourth-order valence-corrected chi connectivity index (χ4v) is 2.11. The topological polar surface area (TPSA) is 30.7 Å². The number of aromatic nitrogens is 3. The molecule has 0 aliphatic rings. The standard InChI is InChI=1S/C11H10F3N3S/c1-17-10(7-4-2-3-5-8(7)12)15-16-11(17)18-6-9(13)14/h2-5,9H,6H2,1H3. The molecule has 0 atom stereocenters. The summed E-state index contributed by atoms with van der Waals surface area (Å²) in [7, 11) is 1.62. The van der Waals surface area contributed by atoms with E-state index in [9.17, 15) is 13.2 Å². The number of hydrogen-bond acceptors (Lipinski definition) is 3. The molecule has 2 aromatic rings. The Morgan fingerprint density at radius 2 is 2.00 bits per heavy atom. The van der Waals surface area contributed by atoms with Gasteiger partial charge in [0, 0.05) is 7.05 Å². The van der Waals surface area contributed by atoms with Crippen molar-refractivity contribution in [2.24, 2.45) is 7.05 Å². The molecule has 7 heteroatoms. The van der Waals surface area contributed by atoms with E-state index < -0.39 is 12.2 Å². The number of benzene rings is 1. The van der Waals surface area contributed by atoms with Gasteiger partial charge in [-0.25, -0.2) is 13.2 Å². The monoisotopic (exact) mass is 273 g/mol. The third kappa shape index (κ3) is 2.66. The molecule has 96 valence electrons. The lowest BCUT2D eigenvalue weighted by Crippen LogP contribution is -1.99. The van der Waals surface area contributed by atoms with Gasteiger partial charge in [0.05, 0.1) is 11.3 Å². The maximum Gasteiger partial charge on any atom is 0.248 e. The van der Waals surface area contributed by atoms with Crippen molar-refractivity contribution in [3.63, 3.8) is 0 Å². The Morgan fingerprint density at radius 3 is 2.67 bits per heavy atom. The van der Waals surface area contributed by atoms with E-state index in [-0.39, 0.29) is 5.75 Å². The first-order valence-electron chi connectivity index (χ1n) is 5.15. The maximum atomic E-state index is 13.6. The maximum absolute atomic E-state index is 13.6. The summed E-state index contributed by atoms with van der Waals surface area (Å²) in [5, 5.41) is 7.95. The average molecular weight is 273 g/mol. The van der Waals surface area contributed by atoms with Crippen LogP contribution in [0.2, 0.25) is 0 Å². The van der Waals surface area contributed by atoms with Crippen molar-refractivity contribution in [2.75, 3.05) is 5.75 Å². The van der Waals surface area contributed by atoms with Crippen LogP contribution in [0.15, 0.2) is 29.4 Å². The molecule has 0 aliphatic heterocycles. The second kappa shape index (κ2) is 5.43. The summed E-state index contributed by atoms with van der Waals surface area (Å²) in [6.45, 7) is 0. The Balaban J connectivity index is 2.28. The van der Waals surface area contributed by atoms with Crippen LogP contribution in [-0.2, 0) is 7.05 Å². The van der Waals surface area contributed by atoms with E-state index in [2.05, 4.69) is 10.2 Å². The number of alkyl halides is 2. The first-order valence-corrected chi connectivity index (χ1v) is 6.13. The van der Waals surface area contributed by atoms with Gasteiger partial charge in [-0.05, 0) is 12.1 Å². The van der Waals surface area contributed by atoms with Gasteiger partial charge in [-0.1, -0.05) is 23.9 Å². The Bertz CT molecular complexity index is 542. The molecule has 0 saturated heterocycles. The second-order valence-corrected chi connectivity index (χ2v) is 4.53. The molecule has 0 bridgehead atoms. The van der Waals surface area contributed by atoms with Crippen molar-refractivity contribution in [3.05, 3.63) is 30.1 Å². The Morgan fingerprint density at radius 1 is 1.28 bits per heavy atom. The van der Waals surface area contributed by atoms with Gasteiger partial charge in [0.25, 0.3) is 0 Å². The minimum absolute atomic E-state index is 0.302. The fraction of sp³-hybridized carbons (Fsp3) is 0.273. The highest BCUT2D eigenvalue weighted by molar-refractivity contribution is 7.99. The van der Waals surface area contributed by atoms with Crippen LogP contribution in [0, 0.1) is 5.82 Å². The molecular formula is C11H10F3N3S. The second-order valence-electron chi connectivity index (χ2n) is 3.55. The molecule has 1 heterocycles. The van der Waals surface area contributed by atoms with E-state index in [1.807, 2.05) is 0 Å². The molecule has 0 fully saturated rings. The van der Waals surface area contributed by atoms with Crippen molar-refractivity contribution in [1.82, 2.24) is 14.8 Å². The summed E-state index contributed by atoms with van der Waals surface area (Å²) < 4.78 is 39.3. The number of thioether (sulfide) groups is 1. The Labute approximate surface area is 106 Å². The normalized spacial score (nSPS) is 11.2. The molecule has 18 heavy (non-hydrogen) atoms. The van der Waals surface area contributed by atoms with Crippen molar-refractivity contribution in [2.45, 2.75) is 11.6 Å². The largest absolute Gasteiger partial charge is 0.305 e. The zero-order valence-electron chi connectivity index (χ0n) is 9.48. The van der Waals surface area contributed by atoms with Crippen LogP contribution < -0.4 is 0 Å². The third-order valence-corrected chi connectivity index (χ3v) is 3.32. The van der Waals surface area contributed by atoms with E-state index in [0.29, 0.717) is 16.5 Å². The SMILES string of the molecule is Cn1c(SCC(F)F)nnc1-c1ccccc1F. The van der Waals surface area contributed by atoms with Crippen LogP contribution in [0.1, 0.15) is 0 Å². The van der Waals surface area contributed by atoms with Gasteiger partial charge in [0.15, 0.2) is 11.0 Å². The third-order valence-electron chi connectivity index (χ3n) is 2.29. The van der Waals surface area contributed by atoms with E-state index in [1.54, 1.807) is 25.2 Å². The molecule has 2 rings (SSSR count). The van der Waals surface area contributed by atoms with Crippen molar-refractivity contribution < 1.29 is 13.2 Å². The summed E-state index contributed by atoms with van der Waals surface area (Å²) in [5.74, 6) is -0.452. The molecule has 0 saturated carbocycles. The van der Waals surface area contributed by atoms with Gasteiger partial charge in [0.2, 0.25) is 6.43 Å². The Hall–Kier alpha value is -1.50. The highest BCUT2D eigenvalue weighted by Crippen LogP contribution is 2.25. The van der Waals surface area contributed by atoms with Crippen LogP contribution in [0.4, 0.5) is 13.2 Å². The summed E-state index contributed by atoms with van der Waals surface area (Å²) in [6.07, 6.45) is -2.41. The molecule has 0 unspecified atom stereocenters. The van der Waals surface area contributed by atoms with Crippen molar-refractivity contribution >= 4 is 11.8 Å². The van der Waals surface area contributed by atoms with Crippen LogP contribution in [0.25, 0.3) is 11.4 Å². The highest BCUT2D eigenvalue weighted by atomic mass is 32.2. The smallest absolute Gasteiger partial charge is 0.248 e. The minimum atomic E-state index is -2.41. The number of rotatable bonds is 4. The van der Waals surface area contributed by atoms with Gasteiger partial charge in [-0.3, -0.25) is 0 Å². The van der Waals surface area contributed by atoms with Gasteiger partial charge >= 0.3 is 0 Å². The van der Waals surface area contributed by atoms with Crippen molar-refractivity contribution in [3.8, 4) is 11.4 Å². The first-order chi connectivity index (χ1) is 8.59. The van der Waals surface area contributed by atoms with Crippen LogP contribution in [-0.4, -0.2) is 26.9 Å². The highest BCUT2D eigenvalue weighted by Gasteiger charge is 2.15. The lowest BCUT2D eigenvalue weighted by atomic mass is 10.2. The average Bonchev–Trinajstić information content (AvgIpc) is 2.69. The fourth-order valence-electron chi connectivity index (χ4n) is 1.46. The zero-order chi connectivity index (χ0) is 13.1. The predicted octanol–water partition coefficient (Wildman–Crippen LogP) is 2.98. The van der Waals surface area contributed by atoms with Gasteiger partial charge < -0.3 is 4.57 Å². The molecule has 0 aliphatic carbocycles. The molecule has 1 aromatic carbocycles. The lowest BCUT2D eigenvalue weighted by Gasteiger charge is -2.04. The molecule has 0 amide bonds. The summed E-state index contributed by atoms with van der Waals surface area (Å²) in [6, 6.07) is 6.14. The molecular weight excluding hydrogens is 263 g/mol. The van der Waals surface area contributed by atoms with Gasteiger partial charge in [0.1, 0.15) is 5.82 Å². The van der Waals surface area contributed by atoms with Crippen LogP contribution >= 0.6 is 11.8 Å². The van der Waals surface area contributed by atoms with Crippen molar-refractivity contribution in [1.29, 1.82) is 0 Å². The molecule has 1 aromatic heterocycles. The van der Waals surface area contributed by atoms with E-state index in [0.717, 1.165) is 11.8 Å². The summed E-state index contributed by atoms with van der Waals surface area (Å²) in [5.41, 5.74) is 0.302. The summed E-state index contributed by atoms with van der Waals surface area (Å²) >= 11 is 0.893. The molecule has 3 nitrogen and oxygen atoms in total. The molecule has 0 radical (unpaired) electrons. The molecule has 0 N–H and O–H groups in total. The minimum Gasteiger partial charge on any atom is -0.305 e. The van der Waals surface area contributed by atoms with Crippen LogP contribution in [0.3, 0.4) is 0 Å². The zero-order valence-corrected chi connectivity index (χ0v) is 10.3.